The minimum Gasteiger partial charge on any atom is -0.353 e. The zero-order valence-electron chi connectivity index (χ0n) is 9.13. The first kappa shape index (κ1) is 11.3. The van der Waals surface area contributed by atoms with E-state index in [1.54, 1.807) is 0 Å². The smallest absolute Gasteiger partial charge is 0.240 e. The zero-order chi connectivity index (χ0) is 10.7. The third-order valence-corrected chi connectivity index (χ3v) is 4.86. The van der Waals surface area contributed by atoms with Crippen molar-refractivity contribution in [3.8, 4) is 0 Å². The van der Waals surface area contributed by atoms with Crippen LogP contribution >= 0.6 is 11.8 Å². The summed E-state index contributed by atoms with van der Waals surface area (Å²) >= 11 is 1.97. The van der Waals surface area contributed by atoms with Gasteiger partial charge in [0.05, 0.1) is 5.54 Å². The van der Waals surface area contributed by atoms with Crippen molar-refractivity contribution in [3.63, 3.8) is 0 Å². The first-order chi connectivity index (χ1) is 7.21. The molecule has 2 rings (SSSR count). The van der Waals surface area contributed by atoms with Crippen molar-refractivity contribution < 1.29 is 4.79 Å². The van der Waals surface area contributed by atoms with Crippen LogP contribution in [0, 0.1) is 0 Å². The molecule has 0 aromatic rings. The van der Waals surface area contributed by atoms with Crippen molar-refractivity contribution in [2.24, 2.45) is 5.73 Å². The van der Waals surface area contributed by atoms with E-state index in [4.69, 9.17) is 5.73 Å². The van der Waals surface area contributed by atoms with E-state index < -0.39 is 5.54 Å². The Morgan fingerprint density at radius 2 is 2.13 bits per heavy atom. The molecule has 86 valence electrons. The molecule has 1 saturated carbocycles. The lowest BCUT2D eigenvalue weighted by atomic mass is 9.98. The fourth-order valence-electron chi connectivity index (χ4n) is 2.42. The molecule has 1 unspecified atom stereocenters. The third-order valence-electron chi connectivity index (χ3n) is 3.46. The first-order valence-electron chi connectivity index (χ1n) is 5.89. The molecule has 3 nitrogen and oxygen atoms in total. The summed E-state index contributed by atoms with van der Waals surface area (Å²) in [5, 5.41) is 3.65. The van der Waals surface area contributed by atoms with Crippen LogP contribution in [-0.4, -0.2) is 29.0 Å². The molecule has 0 spiro atoms. The number of nitrogens with one attached hydrogen (secondary N) is 1. The minimum atomic E-state index is -0.552. The van der Waals surface area contributed by atoms with Gasteiger partial charge in [-0.1, -0.05) is 12.8 Å². The van der Waals surface area contributed by atoms with E-state index in [-0.39, 0.29) is 5.91 Å². The van der Waals surface area contributed by atoms with E-state index in [0.29, 0.717) is 5.25 Å². The second kappa shape index (κ2) is 4.74. The van der Waals surface area contributed by atoms with E-state index >= 15 is 0 Å². The van der Waals surface area contributed by atoms with Crippen molar-refractivity contribution in [1.29, 1.82) is 0 Å². The number of carbonyl (C=O) groups excluding carboxylic acids is 1. The first-order valence-corrected chi connectivity index (χ1v) is 6.94. The van der Waals surface area contributed by atoms with Crippen molar-refractivity contribution in [1.82, 2.24) is 5.32 Å². The molecule has 1 amide bonds. The second-order valence-corrected chi connectivity index (χ2v) is 6.12. The van der Waals surface area contributed by atoms with Crippen LogP contribution in [0.25, 0.3) is 0 Å². The van der Waals surface area contributed by atoms with Crippen LogP contribution in [0.1, 0.15) is 38.5 Å². The van der Waals surface area contributed by atoms with Gasteiger partial charge in [-0.3, -0.25) is 4.79 Å². The molecule has 2 aliphatic rings. The van der Waals surface area contributed by atoms with Crippen LogP contribution in [0.5, 0.6) is 0 Å². The number of carbonyl (C=O) groups is 1. The molecule has 0 aromatic carbocycles. The molecular weight excluding hydrogens is 208 g/mol. The van der Waals surface area contributed by atoms with Gasteiger partial charge in [-0.2, -0.15) is 11.8 Å². The van der Waals surface area contributed by atoms with Gasteiger partial charge >= 0.3 is 0 Å². The van der Waals surface area contributed by atoms with Gasteiger partial charge in [0.1, 0.15) is 0 Å². The van der Waals surface area contributed by atoms with E-state index in [2.05, 4.69) is 5.32 Å². The molecule has 4 heteroatoms. The fraction of sp³-hybridized carbons (Fsp3) is 0.909. The second-order valence-electron chi connectivity index (χ2n) is 4.71. The monoisotopic (exact) mass is 228 g/mol. The summed E-state index contributed by atoms with van der Waals surface area (Å²) < 4.78 is 0. The number of rotatable bonds is 3. The lowest BCUT2D eigenvalue weighted by Crippen LogP contribution is -2.52. The average Bonchev–Trinajstić information content (AvgIpc) is 2.85. The van der Waals surface area contributed by atoms with Gasteiger partial charge in [0.2, 0.25) is 5.91 Å². The molecule has 15 heavy (non-hydrogen) atoms. The van der Waals surface area contributed by atoms with Crippen LogP contribution in [0.2, 0.25) is 0 Å². The topological polar surface area (TPSA) is 55.1 Å². The van der Waals surface area contributed by atoms with Crippen LogP contribution in [0.4, 0.5) is 0 Å². The Labute approximate surface area is 95.6 Å². The van der Waals surface area contributed by atoms with Gasteiger partial charge in [-0.25, -0.2) is 0 Å². The summed E-state index contributed by atoms with van der Waals surface area (Å²) in [6.45, 7) is 0.808. The molecule has 1 saturated heterocycles. The van der Waals surface area contributed by atoms with Crippen molar-refractivity contribution in [2.75, 3.05) is 12.3 Å². The maximum Gasteiger partial charge on any atom is 0.240 e. The molecule has 0 bridgehead atoms. The van der Waals surface area contributed by atoms with E-state index in [9.17, 15) is 4.79 Å². The van der Waals surface area contributed by atoms with Crippen molar-refractivity contribution in [3.05, 3.63) is 0 Å². The summed E-state index contributed by atoms with van der Waals surface area (Å²) in [5.74, 6) is 1.32. The largest absolute Gasteiger partial charge is 0.353 e. The third kappa shape index (κ3) is 2.67. The maximum absolute atomic E-state index is 11.9. The highest BCUT2D eigenvalue weighted by atomic mass is 32.2. The molecule has 1 atom stereocenters. The highest BCUT2D eigenvalue weighted by Crippen LogP contribution is 2.28. The summed E-state index contributed by atoms with van der Waals surface area (Å²) in [6.07, 6.45) is 6.44. The zero-order valence-corrected chi connectivity index (χ0v) is 9.94. The molecule has 2 fully saturated rings. The summed E-state index contributed by atoms with van der Waals surface area (Å²) in [7, 11) is 0. The van der Waals surface area contributed by atoms with Crippen LogP contribution in [0.3, 0.4) is 0 Å². The standard InChI is InChI=1S/C11H20N2OS/c12-11(5-1-2-6-11)10(14)13-8-9-4-3-7-15-9/h9H,1-8,12H2,(H,13,14). The normalized spacial score (nSPS) is 29.3. The van der Waals surface area contributed by atoms with Crippen LogP contribution in [0.15, 0.2) is 0 Å². The quantitative estimate of drug-likeness (QED) is 0.765. The van der Waals surface area contributed by atoms with E-state index in [1.807, 2.05) is 11.8 Å². The molecule has 0 radical (unpaired) electrons. The molecule has 1 aliphatic carbocycles. The summed E-state index contributed by atoms with van der Waals surface area (Å²) in [4.78, 5) is 11.9. The van der Waals surface area contributed by atoms with E-state index in [0.717, 1.165) is 32.2 Å². The minimum absolute atomic E-state index is 0.0764. The number of thioether (sulfide) groups is 1. The average molecular weight is 228 g/mol. The Morgan fingerprint density at radius 3 is 2.73 bits per heavy atom. The predicted octanol–water partition coefficient (Wildman–Crippen LogP) is 1.27. The van der Waals surface area contributed by atoms with Gasteiger partial charge in [0.15, 0.2) is 0 Å². The van der Waals surface area contributed by atoms with E-state index in [1.165, 1.54) is 18.6 Å². The highest BCUT2D eigenvalue weighted by Gasteiger charge is 2.37. The SMILES string of the molecule is NC1(C(=O)NCC2CCCS2)CCCC1. The van der Waals surface area contributed by atoms with Crippen LogP contribution in [-0.2, 0) is 4.79 Å². The summed E-state index contributed by atoms with van der Waals surface area (Å²) in [6, 6.07) is 0. The predicted molar refractivity (Wildman–Crippen MR) is 63.9 cm³/mol. The Balaban J connectivity index is 1.76. The Morgan fingerprint density at radius 1 is 1.40 bits per heavy atom. The molecule has 0 aromatic heterocycles. The Kier molecular flexibility index (Phi) is 3.57. The summed E-state index contributed by atoms with van der Waals surface area (Å²) in [5.41, 5.74) is 5.52. The molecular formula is C11H20N2OS. The Hall–Kier alpha value is -0.220. The fourth-order valence-corrected chi connectivity index (χ4v) is 3.62. The van der Waals surface area contributed by atoms with Crippen LogP contribution < -0.4 is 11.1 Å². The van der Waals surface area contributed by atoms with Gasteiger partial charge < -0.3 is 11.1 Å². The van der Waals surface area contributed by atoms with Gasteiger partial charge in [0.25, 0.3) is 0 Å². The molecule has 3 N–H and O–H groups in total. The van der Waals surface area contributed by atoms with Crippen molar-refractivity contribution in [2.45, 2.75) is 49.3 Å². The number of hydrogen-bond donors (Lipinski definition) is 2. The van der Waals surface area contributed by atoms with Crippen molar-refractivity contribution >= 4 is 17.7 Å². The number of hydrogen-bond acceptors (Lipinski definition) is 3. The van der Waals surface area contributed by atoms with Gasteiger partial charge in [-0.05, 0) is 31.4 Å². The molecule has 1 heterocycles. The lowest BCUT2D eigenvalue weighted by Gasteiger charge is -2.23. The van der Waals surface area contributed by atoms with Gasteiger partial charge in [0, 0.05) is 11.8 Å². The molecule has 1 aliphatic heterocycles. The number of nitrogens with two attached hydrogens (primary N) is 1. The Bertz CT molecular complexity index is 233. The lowest BCUT2D eigenvalue weighted by molar-refractivity contribution is -0.126. The maximum atomic E-state index is 11.9. The van der Waals surface area contributed by atoms with Gasteiger partial charge in [-0.15, -0.1) is 0 Å². The highest BCUT2D eigenvalue weighted by molar-refractivity contribution is 8.00. The number of amides is 1.